The number of carbonyl (C=O) groups is 1. The number of carbonyl (C=O) groups excluding carboxylic acids is 1. The number of rotatable bonds is 5. The molecule has 1 amide bonds. The van der Waals surface area contributed by atoms with Gasteiger partial charge in [-0.25, -0.2) is 13.8 Å². The van der Waals surface area contributed by atoms with Gasteiger partial charge in [-0.15, -0.1) is 0 Å². The van der Waals surface area contributed by atoms with Crippen molar-refractivity contribution >= 4 is 22.5 Å². The highest BCUT2D eigenvalue weighted by atomic mass is 19.1. The van der Waals surface area contributed by atoms with Gasteiger partial charge in [0.1, 0.15) is 17.9 Å². The van der Waals surface area contributed by atoms with Gasteiger partial charge in [-0.1, -0.05) is 29.8 Å². The molecule has 32 heavy (non-hydrogen) atoms. The first kappa shape index (κ1) is 20.1. The summed E-state index contributed by atoms with van der Waals surface area (Å²) in [6.45, 7) is 3.66. The van der Waals surface area contributed by atoms with Crippen molar-refractivity contribution < 1.29 is 9.18 Å². The molecule has 2 aromatic carbocycles. The number of aromatic nitrogens is 4. The molecule has 1 N–H and O–H groups in total. The van der Waals surface area contributed by atoms with E-state index in [9.17, 15) is 14.0 Å². The number of para-hydroxylation sites is 1. The highest BCUT2D eigenvalue weighted by molar-refractivity contribution is 5.91. The molecule has 162 valence electrons. The molecule has 5 rings (SSSR count). The number of nitrogens with zero attached hydrogens (tertiary/aromatic N) is 4. The molecule has 1 saturated carbocycles. The van der Waals surface area contributed by atoms with E-state index in [0.29, 0.717) is 10.9 Å². The zero-order valence-electron chi connectivity index (χ0n) is 17.8. The summed E-state index contributed by atoms with van der Waals surface area (Å²) < 4.78 is 16.7. The topological polar surface area (TPSA) is 81.8 Å². The Morgan fingerprint density at radius 1 is 1.19 bits per heavy atom. The molecule has 8 heteroatoms. The second-order valence-corrected chi connectivity index (χ2v) is 8.26. The third-order valence-corrected chi connectivity index (χ3v) is 5.70. The summed E-state index contributed by atoms with van der Waals surface area (Å²) in [5, 5.41) is 12.2. The van der Waals surface area contributed by atoms with Gasteiger partial charge in [-0.2, -0.15) is 10.2 Å². The summed E-state index contributed by atoms with van der Waals surface area (Å²) in [6, 6.07) is 11.8. The smallest absolute Gasteiger partial charge is 0.293 e. The van der Waals surface area contributed by atoms with E-state index in [-0.39, 0.29) is 18.2 Å². The molecular formula is C24H22FN5O2. The van der Waals surface area contributed by atoms with Gasteiger partial charge in [0.05, 0.1) is 23.3 Å². The van der Waals surface area contributed by atoms with Crippen LogP contribution >= 0.6 is 0 Å². The lowest BCUT2D eigenvalue weighted by atomic mass is 10.1. The van der Waals surface area contributed by atoms with Crippen molar-refractivity contribution in [1.82, 2.24) is 19.6 Å². The Hall–Kier alpha value is -3.81. The van der Waals surface area contributed by atoms with Gasteiger partial charge in [0, 0.05) is 11.3 Å². The normalized spacial score (nSPS) is 13.5. The van der Waals surface area contributed by atoms with E-state index in [0.717, 1.165) is 40.0 Å². The molecule has 0 spiro atoms. The standard InChI is InChI=1S/C24H22FN5O2/c1-14-7-10-20(15(2)11-14)30-23-17(12-26-30)22(16-8-9-16)28-29(24(23)32)13-21(31)27-19-6-4-3-5-18(19)25/h3-7,10-12,16H,8-9,13H2,1-2H3,(H,27,31). The second-order valence-electron chi connectivity index (χ2n) is 8.26. The van der Waals surface area contributed by atoms with E-state index in [2.05, 4.69) is 15.5 Å². The monoisotopic (exact) mass is 431 g/mol. The fourth-order valence-electron chi connectivity index (χ4n) is 3.97. The second kappa shape index (κ2) is 7.71. The highest BCUT2D eigenvalue weighted by Crippen LogP contribution is 2.41. The van der Waals surface area contributed by atoms with Gasteiger partial charge in [-0.3, -0.25) is 9.59 Å². The Labute approximate surface area is 183 Å². The largest absolute Gasteiger partial charge is 0.322 e. The molecule has 0 saturated heterocycles. The molecule has 1 aliphatic carbocycles. The molecule has 1 aliphatic rings. The number of aryl methyl sites for hydroxylation is 2. The molecule has 2 heterocycles. The predicted octanol–water partition coefficient (Wildman–Crippen LogP) is 3.85. The number of halogens is 1. The van der Waals surface area contributed by atoms with Gasteiger partial charge in [0.15, 0.2) is 0 Å². The maximum absolute atomic E-state index is 13.9. The van der Waals surface area contributed by atoms with Crippen LogP contribution < -0.4 is 10.9 Å². The van der Waals surface area contributed by atoms with Crippen molar-refractivity contribution in [2.24, 2.45) is 0 Å². The van der Waals surface area contributed by atoms with Gasteiger partial charge < -0.3 is 5.32 Å². The van der Waals surface area contributed by atoms with E-state index in [1.54, 1.807) is 23.0 Å². The minimum Gasteiger partial charge on any atom is -0.322 e. The average molecular weight is 431 g/mol. The van der Waals surface area contributed by atoms with Crippen LogP contribution in [0.2, 0.25) is 0 Å². The zero-order chi connectivity index (χ0) is 22.4. The minimum absolute atomic E-state index is 0.0642. The molecule has 0 unspecified atom stereocenters. The third-order valence-electron chi connectivity index (χ3n) is 5.70. The summed E-state index contributed by atoms with van der Waals surface area (Å²) in [6.07, 6.45) is 3.65. The molecule has 0 aliphatic heterocycles. The van der Waals surface area contributed by atoms with Crippen LogP contribution in [0.5, 0.6) is 0 Å². The average Bonchev–Trinajstić information content (AvgIpc) is 3.50. The first-order chi connectivity index (χ1) is 15.4. The minimum atomic E-state index is -0.539. The van der Waals surface area contributed by atoms with E-state index >= 15 is 0 Å². The van der Waals surface area contributed by atoms with Crippen LogP contribution in [-0.2, 0) is 11.3 Å². The van der Waals surface area contributed by atoms with Crippen molar-refractivity contribution in [3.05, 3.63) is 81.7 Å². The van der Waals surface area contributed by atoms with Gasteiger partial charge in [0.2, 0.25) is 5.91 Å². The maximum atomic E-state index is 13.9. The molecule has 1 fully saturated rings. The number of nitrogens with one attached hydrogen (secondary N) is 1. The Morgan fingerprint density at radius 2 is 1.97 bits per heavy atom. The van der Waals surface area contributed by atoms with Crippen LogP contribution in [0.25, 0.3) is 16.6 Å². The first-order valence-corrected chi connectivity index (χ1v) is 10.5. The van der Waals surface area contributed by atoms with Gasteiger partial charge in [0.25, 0.3) is 5.56 Å². The van der Waals surface area contributed by atoms with Crippen molar-refractivity contribution in [1.29, 1.82) is 0 Å². The van der Waals surface area contributed by atoms with Crippen LogP contribution in [0.15, 0.2) is 53.5 Å². The van der Waals surface area contributed by atoms with E-state index < -0.39 is 17.3 Å². The van der Waals surface area contributed by atoms with Crippen molar-refractivity contribution in [2.75, 3.05) is 5.32 Å². The first-order valence-electron chi connectivity index (χ1n) is 10.5. The molecule has 0 atom stereocenters. The molecule has 0 bridgehead atoms. The van der Waals surface area contributed by atoms with Gasteiger partial charge in [-0.05, 0) is 50.5 Å². The Balaban J connectivity index is 1.59. The van der Waals surface area contributed by atoms with E-state index in [1.165, 1.54) is 12.1 Å². The molecule has 7 nitrogen and oxygen atoms in total. The van der Waals surface area contributed by atoms with E-state index in [1.807, 2.05) is 32.0 Å². The predicted molar refractivity (Wildman–Crippen MR) is 120 cm³/mol. The molecular weight excluding hydrogens is 409 g/mol. The SMILES string of the molecule is Cc1ccc(-n2ncc3c(C4CC4)nn(CC(=O)Nc4ccccc4F)c(=O)c32)c(C)c1. The Morgan fingerprint density at radius 3 is 2.69 bits per heavy atom. The number of hydrogen-bond acceptors (Lipinski definition) is 4. The van der Waals surface area contributed by atoms with Crippen molar-refractivity contribution in [3.8, 4) is 5.69 Å². The summed E-state index contributed by atoms with van der Waals surface area (Å²) in [7, 11) is 0. The van der Waals surface area contributed by atoms with Gasteiger partial charge >= 0.3 is 0 Å². The third kappa shape index (κ3) is 3.57. The fraction of sp³-hybridized carbons (Fsp3) is 0.250. The molecule has 4 aromatic rings. The number of fused-ring (bicyclic) bond motifs is 1. The lowest BCUT2D eigenvalue weighted by molar-refractivity contribution is -0.117. The Kier molecular flexibility index (Phi) is 4.84. The summed E-state index contributed by atoms with van der Waals surface area (Å²) in [4.78, 5) is 26.0. The van der Waals surface area contributed by atoms with Crippen molar-refractivity contribution in [3.63, 3.8) is 0 Å². The van der Waals surface area contributed by atoms with Crippen molar-refractivity contribution in [2.45, 2.75) is 39.2 Å². The summed E-state index contributed by atoms with van der Waals surface area (Å²) in [5.41, 5.74) is 3.73. The Bertz CT molecular complexity index is 1420. The lowest BCUT2D eigenvalue weighted by Crippen LogP contribution is -2.31. The number of anilines is 1. The number of hydrogen-bond donors (Lipinski definition) is 1. The summed E-state index contributed by atoms with van der Waals surface area (Å²) in [5.74, 6) is -0.817. The van der Waals surface area contributed by atoms with Crippen LogP contribution in [0.4, 0.5) is 10.1 Å². The van der Waals surface area contributed by atoms with Crippen LogP contribution in [0, 0.1) is 19.7 Å². The highest BCUT2D eigenvalue weighted by Gasteiger charge is 2.30. The van der Waals surface area contributed by atoms with E-state index in [4.69, 9.17) is 0 Å². The zero-order valence-corrected chi connectivity index (χ0v) is 17.8. The van der Waals surface area contributed by atoms with Crippen LogP contribution in [0.3, 0.4) is 0 Å². The summed E-state index contributed by atoms with van der Waals surface area (Å²) >= 11 is 0. The van der Waals surface area contributed by atoms with Crippen LogP contribution in [-0.4, -0.2) is 25.5 Å². The molecule has 2 aromatic heterocycles. The number of amides is 1. The van der Waals surface area contributed by atoms with Crippen LogP contribution in [0.1, 0.15) is 35.6 Å². The quantitative estimate of drug-likeness (QED) is 0.520. The number of benzene rings is 2. The lowest BCUT2D eigenvalue weighted by Gasteiger charge is -2.12. The molecule has 0 radical (unpaired) electrons. The maximum Gasteiger partial charge on any atom is 0.293 e. The fourth-order valence-corrected chi connectivity index (χ4v) is 3.97.